The number of esters is 1. The molecule has 0 unspecified atom stereocenters. The van der Waals surface area contributed by atoms with Crippen molar-refractivity contribution in [2.75, 3.05) is 27.7 Å². The molecule has 0 heterocycles. The smallest absolute Gasteiger partial charge is 0.329 e. The van der Waals surface area contributed by atoms with E-state index in [1.54, 1.807) is 7.05 Å². The predicted octanol–water partition coefficient (Wildman–Crippen LogP) is 0.786. The molecule has 0 radical (unpaired) electrons. The molecule has 0 bridgehead atoms. The summed E-state index contributed by atoms with van der Waals surface area (Å²) in [5.41, 5.74) is -1.28. The van der Waals surface area contributed by atoms with E-state index >= 15 is 0 Å². The Morgan fingerprint density at radius 1 is 1.21 bits per heavy atom. The van der Waals surface area contributed by atoms with E-state index in [0.29, 0.717) is 13.0 Å². The van der Waals surface area contributed by atoms with E-state index in [1.807, 2.05) is 0 Å². The van der Waals surface area contributed by atoms with Crippen molar-refractivity contribution in [3.05, 3.63) is 0 Å². The Labute approximate surface area is 113 Å². The highest BCUT2D eigenvalue weighted by Crippen LogP contribution is 2.14. The zero-order valence-corrected chi connectivity index (χ0v) is 12.1. The number of rotatable bonds is 6. The van der Waals surface area contributed by atoms with Crippen LogP contribution in [-0.2, 0) is 14.3 Å². The van der Waals surface area contributed by atoms with Gasteiger partial charge in [0, 0.05) is 27.1 Å². The van der Waals surface area contributed by atoms with Gasteiger partial charge < -0.3 is 19.6 Å². The topological polar surface area (TPSA) is 87.2 Å². The number of carbonyl (C=O) groups excluding carboxylic acids is 2. The minimum absolute atomic E-state index is 0.222. The van der Waals surface area contributed by atoms with Gasteiger partial charge in [0.25, 0.3) is 0 Å². The van der Waals surface area contributed by atoms with Gasteiger partial charge in [-0.25, -0.2) is 9.59 Å². The minimum atomic E-state index is -1.28. The number of likely N-dealkylation sites (N-methyl/N-ethyl adjacent to an activating group) is 1. The van der Waals surface area contributed by atoms with E-state index in [0.717, 1.165) is 4.90 Å². The van der Waals surface area contributed by atoms with Crippen LogP contribution in [0.4, 0.5) is 4.79 Å². The van der Waals surface area contributed by atoms with Crippen molar-refractivity contribution in [2.24, 2.45) is 0 Å². The third-order valence-corrected chi connectivity index (χ3v) is 3.08. The van der Waals surface area contributed by atoms with Gasteiger partial charge in [0.1, 0.15) is 5.54 Å². The summed E-state index contributed by atoms with van der Waals surface area (Å²) in [4.78, 5) is 36.5. The first-order valence-electron chi connectivity index (χ1n) is 5.93. The van der Waals surface area contributed by atoms with Gasteiger partial charge in [0.2, 0.25) is 0 Å². The van der Waals surface area contributed by atoms with Crippen molar-refractivity contribution >= 4 is 18.0 Å². The maximum absolute atomic E-state index is 12.0. The van der Waals surface area contributed by atoms with Crippen LogP contribution < -0.4 is 0 Å². The average molecular weight is 274 g/mol. The summed E-state index contributed by atoms with van der Waals surface area (Å²) in [6.07, 6.45) is 0.691. The molecule has 110 valence electrons. The van der Waals surface area contributed by atoms with E-state index in [1.165, 1.54) is 32.9 Å². The summed E-state index contributed by atoms with van der Waals surface area (Å²) in [5.74, 6) is -1.41. The number of methoxy groups -OCH3 is 1. The van der Waals surface area contributed by atoms with Gasteiger partial charge in [-0.05, 0) is 20.3 Å². The van der Waals surface area contributed by atoms with E-state index in [4.69, 9.17) is 5.11 Å². The molecule has 0 aromatic rings. The lowest BCUT2D eigenvalue weighted by Crippen LogP contribution is -2.54. The van der Waals surface area contributed by atoms with E-state index < -0.39 is 17.5 Å². The largest absolute Gasteiger partial charge is 0.480 e. The highest BCUT2D eigenvalue weighted by atomic mass is 16.5. The number of ether oxygens (including phenoxy) is 1. The Kier molecular flexibility index (Phi) is 6.31. The lowest BCUT2D eigenvalue weighted by molar-refractivity contribution is -0.147. The molecular weight excluding hydrogens is 252 g/mol. The molecule has 7 nitrogen and oxygen atoms in total. The van der Waals surface area contributed by atoms with Crippen LogP contribution in [-0.4, -0.2) is 66.2 Å². The fraction of sp³-hybridized carbons (Fsp3) is 0.750. The lowest BCUT2D eigenvalue weighted by Gasteiger charge is -2.34. The third kappa shape index (κ3) is 4.76. The molecule has 0 saturated heterocycles. The Morgan fingerprint density at radius 2 is 1.74 bits per heavy atom. The highest BCUT2D eigenvalue weighted by Gasteiger charge is 2.36. The molecule has 7 heteroatoms. The number of hydrogen-bond acceptors (Lipinski definition) is 4. The number of urea groups is 1. The Bertz CT molecular complexity index is 354. The summed E-state index contributed by atoms with van der Waals surface area (Å²) in [5, 5.41) is 9.05. The zero-order valence-electron chi connectivity index (χ0n) is 12.1. The number of amides is 2. The minimum Gasteiger partial charge on any atom is -0.480 e. The van der Waals surface area contributed by atoms with Gasteiger partial charge in [-0.3, -0.25) is 4.79 Å². The van der Waals surface area contributed by atoms with Gasteiger partial charge in [-0.1, -0.05) is 0 Å². The predicted molar refractivity (Wildman–Crippen MR) is 68.8 cm³/mol. The van der Waals surface area contributed by atoms with Crippen LogP contribution in [0.5, 0.6) is 0 Å². The molecule has 0 aliphatic rings. The Morgan fingerprint density at radius 3 is 2.16 bits per heavy atom. The van der Waals surface area contributed by atoms with Crippen molar-refractivity contribution in [2.45, 2.75) is 32.2 Å². The molecule has 0 spiro atoms. The summed E-state index contributed by atoms with van der Waals surface area (Å²) in [6.45, 7) is 3.26. The van der Waals surface area contributed by atoms with Crippen molar-refractivity contribution in [3.8, 4) is 0 Å². The second-order valence-electron chi connectivity index (χ2n) is 4.81. The summed E-state index contributed by atoms with van der Waals surface area (Å²) < 4.78 is 4.50. The molecule has 0 saturated carbocycles. The first kappa shape index (κ1) is 17.2. The normalized spacial score (nSPS) is 10.8. The number of aliphatic carboxylic acids is 1. The summed E-state index contributed by atoms with van der Waals surface area (Å²) in [7, 11) is 4.31. The van der Waals surface area contributed by atoms with Crippen molar-refractivity contribution in [1.82, 2.24) is 9.80 Å². The number of hydrogen-bond donors (Lipinski definition) is 1. The first-order chi connectivity index (χ1) is 8.64. The van der Waals surface area contributed by atoms with E-state index in [-0.39, 0.29) is 12.4 Å². The molecule has 0 fully saturated rings. The van der Waals surface area contributed by atoms with Crippen LogP contribution >= 0.6 is 0 Å². The van der Waals surface area contributed by atoms with E-state index in [9.17, 15) is 14.4 Å². The second kappa shape index (κ2) is 6.96. The first-order valence-corrected chi connectivity index (χ1v) is 5.93. The lowest BCUT2D eigenvalue weighted by atomic mass is 10.0. The Hall–Kier alpha value is -1.79. The van der Waals surface area contributed by atoms with Gasteiger partial charge in [-0.15, -0.1) is 0 Å². The van der Waals surface area contributed by atoms with Crippen LogP contribution in [0.3, 0.4) is 0 Å². The van der Waals surface area contributed by atoms with Gasteiger partial charge >= 0.3 is 18.0 Å². The fourth-order valence-corrected chi connectivity index (χ4v) is 1.30. The summed E-state index contributed by atoms with van der Waals surface area (Å²) in [6, 6.07) is -0.405. The van der Waals surface area contributed by atoms with E-state index in [2.05, 4.69) is 4.74 Å². The molecule has 0 rings (SSSR count). The third-order valence-electron chi connectivity index (χ3n) is 3.08. The number of nitrogens with zero attached hydrogens (tertiary/aromatic N) is 2. The average Bonchev–Trinajstić information content (AvgIpc) is 2.36. The van der Waals surface area contributed by atoms with Crippen LogP contribution in [0.25, 0.3) is 0 Å². The molecule has 0 aromatic heterocycles. The molecule has 1 N–H and O–H groups in total. The molecule has 0 aliphatic heterocycles. The number of carbonyl (C=O) groups is 3. The maximum Gasteiger partial charge on any atom is 0.329 e. The quantitative estimate of drug-likeness (QED) is 0.723. The molecule has 0 aliphatic carbocycles. The molecule has 0 atom stereocenters. The summed E-state index contributed by atoms with van der Waals surface area (Å²) >= 11 is 0. The van der Waals surface area contributed by atoms with Gasteiger partial charge in [0.05, 0.1) is 7.11 Å². The zero-order chi connectivity index (χ0) is 15.2. The van der Waals surface area contributed by atoms with Gasteiger partial charge in [0.15, 0.2) is 0 Å². The molecule has 2 amide bonds. The van der Waals surface area contributed by atoms with Gasteiger partial charge in [-0.2, -0.15) is 0 Å². The van der Waals surface area contributed by atoms with Crippen LogP contribution in [0.15, 0.2) is 0 Å². The van der Waals surface area contributed by atoms with Crippen molar-refractivity contribution < 1.29 is 24.2 Å². The monoisotopic (exact) mass is 274 g/mol. The van der Waals surface area contributed by atoms with Crippen LogP contribution in [0.1, 0.15) is 26.7 Å². The van der Waals surface area contributed by atoms with Crippen LogP contribution in [0.2, 0.25) is 0 Å². The maximum atomic E-state index is 12.0. The number of carboxylic acid groups (broad SMARTS) is 1. The fourth-order valence-electron chi connectivity index (χ4n) is 1.30. The van der Waals surface area contributed by atoms with Crippen molar-refractivity contribution in [3.63, 3.8) is 0 Å². The second-order valence-corrected chi connectivity index (χ2v) is 4.81. The molecule has 0 aromatic carbocycles. The Balaban J connectivity index is 4.41. The van der Waals surface area contributed by atoms with Crippen LogP contribution in [0, 0.1) is 0 Å². The highest BCUT2D eigenvalue weighted by molar-refractivity contribution is 5.85. The standard InChI is InChI=1S/C12H22N2O5/c1-12(2,10(16)17)14(4)11(18)13(3)8-6-7-9(15)19-5/h6-8H2,1-5H3,(H,16,17). The number of carboxylic acids is 1. The van der Waals surface area contributed by atoms with Crippen molar-refractivity contribution in [1.29, 1.82) is 0 Å². The molecular formula is C12H22N2O5. The molecule has 19 heavy (non-hydrogen) atoms. The SMILES string of the molecule is COC(=O)CCCN(C)C(=O)N(C)C(C)(C)C(=O)O.